The molecule has 0 radical (unpaired) electrons. The quantitative estimate of drug-likeness (QED) is 0.108. The third kappa shape index (κ3) is 14.0. The van der Waals surface area contributed by atoms with Crippen LogP contribution in [0, 0.1) is 35.5 Å². The van der Waals surface area contributed by atoms with Gasteiger partial charge in [0.2, 0.25) is 5.60 Å². The van der Waals surface area contributed by atoms with E-state index in [1.165, 1.54) is 25.4 Å². The molecule has 62 heavy (non-hydrogen) atoms. The summed E-state index contributed by atoms with van der Waals surface area (Å²) in [5, 5.41) is 48.8. The summed E-state index contributed by atoms with van der Waals surface area (Å²) in [6, 6.07) is 0. The van der Waals surface area contributed by atoms with E-state index < -0.39 is 82.9 Å². The molecule has 350 valence electrons. The highest BCUT2D eigenvalue weighted by molar-refractivity contribution is 7.09. The number of nitrogens with zero attached hydrogens (tertiary/aromatic N) is 1. The number of methoxy groups -OCH3 is 1. The number of rotatable bonds is 9. The lowest BCUT2D eigenvalue weighted by Crippen LogP contribution is -2.50. The summed E-state index contributed by atoms with van der Waals surface area (Å²) in [5.74, 6) is -4.37. The number of thiazole rings is 1. The van der Waals surface area contributed by atoms with Gasteiger partial charge >= 0.3 is 11.9 Å². The van der Waals surface area contributed by atoms with Gasteiger partial charge in [-0.25, -0.2) is 9.78 Å². The fourth-order valence-electron chi connectivity index (χ4n) is 8.05. The second kappa shape index (κ2) is 22.7. The van der Waals surface area contributed by atoms with Crippen LogP contribution in [0.4, 0.5) is 0 Å². The van der Waals surface area contributed by atoms with Crippen molar-refractivity contribution in [3.63, 3.8) is 0 Å². The lowest BCUT2D eigenvalue weighted by Gasteiger charge is -2.37. The molecule has 12 nitrogen and oxygen atoms in total. The average molecular weight is 888 g/mol. The van der Waals surface area contributed by atoms with Crippen molar-refractivity contribution in [3.8, 4) is 0 Å². The highest BCUT2D eigenvalue weighted by Crippen LogP contribution is 2.46. The zero-order chi connectivity index (χ0) is 46.9. The molecule has 1 aromatic heterocycles. The first-order chi connectivity index (χ1) is 28.8. The van der Waals surface area contributed by atoms with Gasteiger partial charge in [0.25, 0.3) is 0 Å². The molecule has 0 saturated carbocycles. The molecular formula is C49H77NO11S. The smallest absolute Gasteiger partial charge is 0.350 e. The maximum atomic E-state index is 14.6. The van der Waals surface area contributed by atoms with E-state index in [1.807, 2.05) is 53.0 Å². The van der Waals surface area contributed by atoms with Gasteiger partial charge in [-0.3, -0.25) is 9.59 Å². The first kappa shape index (κ1) is 53.3. The highest BCUT2D eigenvalue weighted by atomic mass is 32.1. The van der Waals surface area contributed by atoms with Crippen LogP contribution in [-0.2, 0) is 45.4 Å². The SMILES string of the molecule is CCC(C)C(=O)OC1(C)CCC(C)CC(O)C(C)C(=O)C(C)C=CCC(C)C(O)C(O)C(OC)C(C)=CC=CC(C)C(C(C)(O)C=C(C)Cc2csc(C3(C)OC3C)n2)OC1=O. The third-order valence-electron chi connectivity index (χ3n) is 13.1. The monoisotopic (exact) mass is 888 g/mol. The second-order valence-corrected chi connectivity index (χ2v) is 19.9. The molecule has 0 aromatic carbocycles. The number of hydrogen-bond acceptors (Lipinski definition) is 13. The Morgan fingerprint density at radius 1 is 1.10 bits per heavy atom. The molecule has 3 rings (SSSR count). The topological polar surface area (TPSA) is 185 Å². The van der Waals surface area contributed by atoms with Crippen LogP contribution in [0.15, 0.2) is 53.0 Å². The number of aliphatic hydroxyl groups excluding tert-OH is 3. The van der Waals surface area contributed by atoms with Crippen LogP contribution in [0.2, 0.25) is 0 Å². The fraction of sp³-hybridized carbons (Fsp3) is 0.714. The Morgan fingerprint density at radius 3 is 2.34 bits per heavy atom. The molecule has 3 heterocycles. The molecule has 0 aliphatic carbocycles. The van der Waals surface area contributed by atoms with Crippen molar-refractivity contribution in [2.45, 2.75) is 182 Å². The zero-order valence-corrected chi connectivity index (χ0v) is 40.5. The van der Waals surface area contributed by atoms with E-state index in [9.17, 15) is 34.8 Å². The van der Waals surface area contributed by atoms with E-state index in [0.717, 1.165) is 16.3 Å². The minimum atomic E-state index is -1.75. The van der Waals surface area contributed by atoms with Gasteiger partial charge in [0.15, 0.2) is 0 Å². The van der Waals surface area contributed by atoms with Crippen molar-refractivity contribution in [1.29, 1.82) is 0 Å². The van der Waals surface area contributed by atoms with Gasteiger partial charge in [-0.1, -0.05) is 90.5 Å². The number of aromatic nitrogens is 1. The number of hydrogen-bond donors (Lipinski definition) is 4. The summed E-state index contributed by atoms with van der Waals surface area (Å²) in [7, 11) is 1.45. The van der Waals surface area contributed by atoms with E-state index in [4.69, 9.17) is 23.9 Å². The van der Waals surface area contributed by atoms with Crippen LogP contribution in [0.5, 0.6) is 0 Å². The normalized spacial score (nSPS) is 36.8. The Morgan fingerprint density at radius 2 is 1.74 bits per heavy atom. The largest absolute Gasteiger partial charge is 0.455 e. The predicted octanol–water partition coefficient (Wildman–Crippen LogP) is 7.76. The van der Waals surface area contributed by atoms with Crippen molar-refractivity contribution in [2.24, 2.45) is 35.5 Å². The number of carbonyl (C=O) groups excluding carboxylic acids is 3. The first-order valence-corrected chi connectivity index (χ1v) is 23.3. The number of Topliss-reactive ketones (excluding diaryl/α,β-unsaturated/α-hetero) is 1. The summed E-state index contributed by atoms with van der Waals surface area (Å²) in [5.41, 5.74) is -1.66. The second-order valence-electron chi connectivity index (χ2n) is 19.1. The molecule has 0 spiro atoms. The molecule has 1 saturated heterocycles. The molecule has 2 aliphatic heterocycles. The zero-order valence-electron chi connectivity index (χ0n) is 39.7. The van der Waals surface area contributed by atoms with Gasteiger partial charge in [0.1, 0.15) is 40.3 Å². The number of epoxide rings is 1. The van der Waals surface area contributed by atoms with Gasteiger partial charge < -0.3 is 39.4 Å². The number of carbonyl (C=O) groups is 3. The van der Waals surface area contributed by atoms with Crippen LogP contribution >= 0.6 is 11.3 Å². The number of ketones is 1. The number of ether oxygens (including phenoxy) is 4. The van der Waals surface area contributed by atoms with Gasteiger partial charge in [0, 0.05) is 36.7 Å². The number of aliphatic hydroxyl groups is 4. The summed E-state index contributed by atoms with van der Waals surface area (Å²) >= 11 is 1.53. The molecule has 13 heteroatoms. The Balaban J connectivity index is 2.09. The highest BCUT2D eigenvalue weighted by Gasteiger charge is 2.53. The molecule has 0 amide bonds. The molecule has 0 bridgehead atoms. The molecule has 1 fully saturated rings. The summed E-state index contributed by atoms with van der Waals surface area (Å²) in [6.07, 6.45) is 7.16. The van der Waals surface area contributed by atoms with Gasteiger partial charge in [-0.2, -0.15) is 0 Å². The molecular weight excluding hydrogens is 811 g/mol. The predicted molar refractivity (Wildman–Crippen MR) is 242 cm³/mol. The Labute approximate surface area is 374 Å². The minimum absolute atomic E-state index is 0.0669. The van der Waals surface area contributed by atoms with E-state index in [1.54, 1.807) is 71.9 Å². The first-order valence-electron chi connectivity index (χ1n) is 22.4. The molecule has 4 N–H and O–H groups in total. The molecule has 1 aromatic rings. The molecule has 15 atom stereocenters. The van der Waals surface area contributed by atoms with Crippen molar-refractivity contribution in [3.05, 3.63) is 63.7 Å². The van der Waals surface area contributed by atoms with Crippen molar-refractivity contribution in [2.75, 3.05) is 7.11 Å². The number of allylic oxidation sites excluding steroid dienone is 5. The maximum Gasteiger partial charge on any atom is 0.350 e. The van der Waals surface area contributed by atoms with Crippen LogP contribution < -0.4 is 0 Å². The van der Waals surface area contributed by atoms with Crippen molar-refractivity contribution in [1.82, 2.24) is 4.98 Å². The van der Waals surface area contributed by atoms with Crippen LogP contribution in [0.25, 0.3) is 0 Å². The lowest BCUT2D eigenvalue weighted by atomic mass is 9.84. The van der Waals surface area contributed by atoms with Crippen LogP contribution in [0.3, 0.4) is 0 Å². The average Bonchev–Trinajstić information content (AvgIpc) is 3.56. The Hall–Kier alpha value is -3.04. The van der Waals surface area contributed by atoms with Crippen molar-refractivity contribution < 1.29 is 53.8 Å². The van der Waals surface area contributed by atoms with E-state index in [-0.39, 0.29) is 36.6 Å². The summed E-state index contributed by atoms with van der Waals surface area (Å²) in [4.78, 5) is 46.2. The summed E-state index contributed by atoms with van der Waals surface area (Å²) in [6.45, 7) is 23.4. The van der Waals surface area contributed by atoms with E-state index >= 15 is 0 Å². The van der Waals surface area contributed by atoms with Crippen molar-refractivity contribution >= 4 is 29.1 Å². The van der Waals surface area contributed by atoms with Crippen LogP contribution in [0.1, 0.15) is 133 Å². The Bertz CT molecular complexity index is 1780. The maximum absolute atomic E-state index is 14.6. The number of cyclic esters (lactones) is 1. The van der Waals surface area contributed by atoms with Gasteiger partial charge in [-0.05, 0) is 91.1 Å². The van der Waals surface area contributed by atoms with Gasteiger partial charge in [0.05, 0.1) is 29.9 Å². The summed E-state index contributed by atoms with van der Waals surface area (Å²) < 4.78 is 23.8. The minimum Gasteiger partial charge on any atom is -0.455 e. The standard InChI is InChI=1S/C49H77NO11S/c1-15-30(4)44(55)61-48(12)23-22-28(2)25-38(51)35(9)39(52)31(5)18-16-19-32(6)40(53)41(54)42(58-14)33(7)20-17-21-34(8)43(59-46(48)56)47(11,57)26-29(3)24-37-27-62-45(50-37)49(13)36(10)60-49/h16-18,20-21,26-28,30-32,34-36,38,40-43,51,53-54,57H,15,19,22-25H2,1-14H3. The third-order valence-corrected chi connectivity index (χ3v) is 14.2. The molecule has 2 aliphatic rings. The lowest BCUT2D eigenvalue weighted by molar-refractivity contribution is -0.195. The fourth-order valence-corrected chi connectivity index (χ4v) is 9.06. The van der Waals surface area contributed by atoms with Crippen LogP contribution in [-0.4, -0.2) is 98.1 Å². The Kier molecular flexibility index (Phi) is 19.5. The molecule has 15 unspecified atom stereocenters. The van der Waals surface area contributed by atoms with Gasteiger partial charge in [-0.15, -0.1) is 11.3 Å². The van der Waals surface area contributed by atoms with E-state index in [0.29, 0.717) is 31.3 Å². The van der Waals surface area contributed by atoms with E-state index in [2.05, 4.69) is 0 Å². The number of esters is 2.